The van der Waals surface area contributed by atoms with Crippen LogP contribution >= 0.6 is 0 Å². The van der Waals surface area contributed by atoms with Gasteiger partial charge in [0.1, 0.15) is 0 Å². The van der Waals surface area contributed by atoms with Crippen molar-refractivity contribution in [3.05, 3.63) is 0 Å². The van der Waals surface area contributed by atoms with Gasteiger partial charge in [-0.05, 0) is 32.6 Å². The lowest BCUT2D eigenvalue weighted by molar-refractivity contribution is -0.131. The van der Waals surface area contributed by atoms with Gasteiger partial charge in [-0.1, -0.05) is 123 Å². The van der Waals surface area contributed by atoms with Crippen LogP contribution in [-0.2, 0) is 4.79 Å². The summed E-state index contributed by atoms with van der Waals surface area (Å²) in [6.45, 7) is 9.65. The van der Waals surface area contributed by atoms with Crippen LogP contribution in [-0.4, -0.2) is 47.9 Å². The molecule has 0 aliphatic carbocycles. The summed E-state index contributed by atoms with van der Waals surface area (Å²) in [5, 5.41) is 0. The van der Waals surface area contributed by atoms with Gasteiger partial charge in [-0.3, -0.25) is 4.79 Å². The van der Waals surface area contributed by atoms with Crippen molar-refractivity contribution in [2.24, 2.45) is 5.73 Å². The highest BCUT2D eigenvalue weighted by atomic mass is 16.2. The van der Waals surface area contributed by atoms with Gasteiger partial charge in [0.2, 0.25) is 5.91 Å². The highest BCUT2D eigenvalue weighted by Gasteiger charge is 2.12. The number of hydrogen-bond acceptors (Lipinski definition) is 2. The maximum atomic E-state index is 12.3. The first-order valence-corrected chi connectivity index (χ1v) is 15.9. The van der Waals surface area contributed by atoms with Gasteiger partial charge in [0.15, 0.2) is 0 Å². The number of urea groups is 1. The number of unbranched alkanes of at least 4 members (excludes halogenated alkanes) is 18. The molecule has 0 saturated carbocycles. The van der Waals surface area contributed by atoms with Crippen LogP contribution in [0.5, 0.6) is 0 Å². The molecule has 0 fully saturated rings. The molecule has 0 aliphatic heterocycles. The van der Waals surface area contributed by atoms with E-state index >= 15 is 0 Å². The van der Waals surface area contributed by atoms with Gasteiger partial charge in [0.05, 0.1) is 0 Å². The summed E-state index contributed by atoms with van der Waals surface area (Å²) in [7, 11) is 0. The second kappa shape index (κ2) is 26.8. The Morgan fingerprint density at radius 2 is 0.833 bits per heavy atom. The summed E-state index contributed by atoms with van der Waals surface area (Å²) in [6, 6.07) is -0.302. The third-order valence-corrected chi connectivity index (χ3v) is 7.43. The number of nitrogens with zero attached hydrogens (tertiary/aromatic N) is 2. The third-order valence-electron chi connectivity index (χ3n) is 7.43. The van der Waals surface area contributed by atoms with Crippen molar-refractivity contribution in [2.75, 3.05) is 26.2 Å². The molecule has 3 amide bonds. The second-order valence-corrected chi connectivity index (χ2v) is 10.8. The van der Waals surface area contributed by atoms with Gasteiger partial charge in [0, 0.05) is 32.6 Å². The molecule has 0 radical (unpaired) electrons. The molecule has 0 bridgehead atoms. The van der Waals surface area contributed by atoms with E-state index in [1.165, 1.54) is 96.3 Å². The summed E-state index contributed by atoms with van der Waals surface area (Å²) in [6.07, 6.45) is 27.3. The Bertz CT molecular complexity index is 498. The Morgan fingerprint density at radius 1 is 0.472 bits per heavy atom. The van der Waals surface area contributed by atoms with Crippen molar-refractivity contribution in [1.82, 2.24) is 9.80 Å². The zero-order chi connectivity index (χ0) is 26.7. The fraction of sp³-hybridized carbons (Fsp3) is 0.935. The molecule has 214 valence electrons. The molecule has 0 atom stereocenters. The lowest BCUT2D eigenvalue weighted by atomic mass is 10.0. The minimum absolute atomic E-state index is 0.269. The Kier molecular flexibility index (Phi) is 25.9. The minimum atomic E-state index is -0.302. The average molecular weight is 510 g/mol. The average Bonchev–Trinajstić information content (AvgIpc) is 2.87. The quantitative estimate of drug-likeness (QED) is 0.112. The van der Waals surface area contributed by atoms with Crippen molar-refractivity contribution >= 4 is 11.9 Å². The second-order valence-electron chi connectivity index (χ2n) is 10.8. The predicted octanol–water partition coefficient (Wildman–Crippen LogP) is 8.84. The zero-order valence-electron chi connectivity index (χ0n) is 24.7. The van der Waals surface area contributed by atoms with Crippen LogP contribution in [0.2, 0.25) is 0 Å². The first-order valence-electron chi connectivity index (χ1n) is 15.9. The smallest absolute Gasteiger partial charge is 0.314 e. The third kappa shape index (κ3) is 22.0. The highest BCUT2D eigenvalue weighted by Crippen LogP contribution is 2.14. The number of nitrogens with two attached hydrogens (primary N) is 1. The lowest BCUT2D eigenvalue weighted by Gasteiger charge is -2.21. The molecule has 0 spiro atoms. The molecule has 5 heteroatoms. The van der Waals surface area contributed by atoms with Gasteiger partial charge >= 0.3 is 6.03 Å². The van der Waals surface area contributed by atoms with Crippen LogP contribution in [0.1, 0.15) is 162 Å². The molecule has 0 aromatic rings. The monoisotopic (exact) mass is 509 g/mol. The number of carbonyl (C=O) groups excluding carboxylic acids is 2. The van der Waals surface area contributed by atoms with Crippen LogP contribution in [0, 0.1) is 0 Å². The number of primary amides is 1. The van der Waals surface area contributed by atoms with Crippen molar-refractivity contribution in [3.63, 3.8) is 0 Å². The number of amides is 3. The summed E-state index contributed by atoms with van der Waals surface area (Å²) in [4.78, 5) is 27.8. The molecule has 0 rings (SSSR count). The first-order chi connectivity index (χ1) is 17.6. The van der Waals surface area contributed by atoms with Crippen LogP contribution in [0.25, 0.3) is 0 Å². The normalized spacial score (nSPS) is 11.1. The zero-order valence-corrected chi connectivity index (χ0v) is 24.7. The summed E-state index contributed by atoms with van der Waals surface area (Å²) >= 11 is 0. The molecule has 0 saturated heterocycles. The highest BCUT2D eigenvalue weighted by molar-refractivity contribution is 5.76. The van der Waals surface area contributed by atoms with E-state index in [0.29, 0.717) is 6.42 Å². The van der Waals surface area contributed by atoms with Gasteiger partial charge in [-0.15, -0.1) is 0 Å². The van der Waals surface area contributed by atoms with E-state index in [9.17, 15) is 9.59 Å². The molecule has 0 aliphatic rings. The van der Waals surface area contributed by atoms with E-state index in [4.69, 9.17) is 5.73 Å². The van der Waals surface area contributed by atoms with Crippen molar-refractivity contribution in [2.45, 2.75) is 162 Å². The molecule has 2 N–H and O–H groups in total. The summed E-state index contributed by atoms with van der Waals surface area (Å²) in [5.74, 6) is 0.269. The van der Waals surface area contributed by atoms with Crippen molar-refractivity contribution in [1.29, 1.82) is 0 Å². The Balaban J connectivity index is 3.60. The minimum Gasteiger partial charge on any atom is -0.351 e. The van der Waals surface area contributed by atoms with E-state index < -0.39 is 0 Å². The maximum absolute atomic E-state index is 12.3. The van der Waals surface area contributed by atoms with Crippen LogP contribution in [0.3, 0.4) is 0 Å². The van der Waals surface area contributed by atoms with E-state index in [2.05, 4.69) is 20.8 Å². The standard InChI is InChI=1S/C31H63N3O2/c1-4-7-9-10-11-12-13-14-15-16-17-18-19-20-21-24-28-34(31(32)36)29-25-22-23-26-30(35)33(6-3)27-8-5-2/h4-29H2,1-3H3,(H2,32,36). The molecule has 5 nitrogen and oxygen atoms in total. The molecule has 0 heterocycles. The summed E-state index contributed by atoms with van der Waals surface area (Å²) < 4.78 is 0. The Hall–Kier alpha value is -1.26. The number of rotatable bonds is 27. The fourth-order valence-corrected chi connectivity index (χ4v) is 4.90. The summed E-state index contributed by atoms with van der Waals surface area (Å²) in [5.41, 5.74) is 5.60. The van der Waals surface area contributed by atoms with E-state index in [0.717, 1.165) is 64.7 Å². The SMILES string of the molecule is CCCCCCCCCCCCCCCCCCN(CCCCCC(=O)N(CC)CCCC)C(N)=O. The fourth-order valence-electron chi connectivity index (χ4n) is 4.90. The number of carbonyl (C=O) groups is 2. The van der Waals surface area contributed by atoms with Gasteiger partial charge in [0.25, 0.3) is 0 Å². The van der Waals surface area contributed by atoms with E-state index in [-0.39, 0.29) is 11.9 Å². The molecule has 0 unspecified atom stereocenters. The van der Waals surface area contributed by atoms with Gasteiger partial charge in [-0.25, -0.2) is 4.79 Å². The molecule has 0 aromatic carbocycles. The first kappa shape index (κ1) is 34.7. The van der Waals surface area contributed by atoms with Crippen LogP contribution in [0.4, 0.5) is 4.79 Å². The Morgan fingerprint density at radius 3 is 1.22 bits per heavy atom. The lowest BCUT2D eigenvalue weighted by Crippen LogP contribution is -2.37. The van der Waals surface area contributed by atoms with Crippen molar-refractivity contribution < 1.29 is 9.59 Å². The Labute approximate surface area is 225 Å². The molecular weight excluding hydrogens is 446 g/mol. The molecular formula is C31H63N3O2. The van der Waals surface area contributed by atoms with E-state index in [1.54, 1.807) is 4.90 Å². The van der Waals surface area contributed by atoms with Crippen molar-refractivity contribution in [3.8, 4) is 0 Å². The largest absolute Gasteiger partial charge is 0.351 e. The molecule has 36 heavy (non-hydrogen) atoms. The van der Waals surface area contributed by atoms with Gasteiger partial charge < -0.3 is 15.5 Å². The predicted molar refractivity (Wildman–Crippen MR) is 156 cm³/mol. The van der Waals surface area contributed by atoms with E-state index in [1.807, 2.05) is 4.90 Å². The number of hydrogen-bond donors (Lipinski definition) is 1. The topological polar surface area (TPSA) is 66.6 Å². The van der Waals surface area contributed by atoms with Crippen LogP contribution in [0.15, 0.2) is 0 Å². The maximum Gasteiger partial charge on any atom is 0.314 e. The van der Waals surface area contributed by atoms with Gasteiger partial charge in [-0.2, -0.15) is 0 Å². The molecule has 0 aromatic heterocycles. The van der Waals surface area contributed by atoms with Crippen LogP contribution < -0.4 is 5.73 Å².